The Labute approximate surface area is 160 Å². The van der Waals surface area contributed by atoms with Gasteiger partial charge in [-0.2, -0.15) is 0 Å². The van der Waals surface area contributed by atoms with Crippen molar-refractivity contribution in [3.05, 3.63) is 53.7 Å². The van der Waals surface area contributed by atoms with Crippen LogP contribution < -0.4 is 20.1 Å². The molecule has 1 aromatic carbocycles. The van der Waals surface area contributed by atoms with Gasteiger partial charge in [-0.15, -0.1) is 11.3 Å². The first-order valence-electron chi connectivity index (χ1n) is 8.58. The van der Waals surface area contributed by atoms with Crippen LogP contribution >= 0.6 is 11.3 Å². The summed E-state index contributed by atoms with van der Waals surface area (Å²) in [7, 11) is 0. The van der Waals surface area contributed by atoms with Crippen molar-refractivity contribution >= 4 is 23.2 Å². The van der Waals surface area contributed by atoms with Crippen LogP contribution in [0.2, 0.25) is 0 Å². The molecule has 0 spiro atoms. The molecule has 4 rings (SSSR count). The van der Waals surface area contributed by atoms with Crippen LogP contribution in [0.3, 0.4) is 0 Å². The zero-order valence-corrected chi connectivity index (χ0v) is 15.3. The maximum atomic E-state index is 12.3. The summed E-state index contributed by atoms with van der Waals surface area (Å²) in [6.45, 7) is 2.15. The molecule has 0 bridgehead atoms. The van der Waals surface area contributed by atoms with Crippen LogP contribution in [-0.4, -0.2) is 42.2 Å². The van der Waals surface area contributed by atoms with Crippen molar-refractivity contribution in [2.24, 2.45) is 0 Å². The Hall–Kier alpha value is -3.13. The molecule has 1 amide bonds. The lowest BCUT2D eigenvalue weighted by Crippen LogP contribution is -2.28. The maximum absolute atomic E-state index is 12.3. The first-order valence-corrected chi connectivity index (χ1v) is 9.40. The quantitative estimate of drug-likeness (QED) is 0.638. The van der Waals surface area contributed by atoms with E-state index in [0.717, 1.165) is 21.9 Å². The van der Waals surface area contributed by atoms with Gasteiger partial charge in [-0.25, -0.2) is 9.97 Å². The molecule has 0 atom stereocenters. The molecule has 1 aliphatic heterocycles. The Morgan fingerprint density at radius 3 is 2.70 bits per heavy atom. The molecule has 0 radical (unpaired) electrons. The molecule has 138 valence electrons. The summed E-state index contributed by atoms with van der Waals surface area (Å²) in [4.78, 5) is 22.1. The summed E-state index contributed by atoms with van der Waals surface area (Å²) in [5.74, 6) is 1.95. The zero-order valence-electron chi connectivity index (χ0n) is 14.5. The number of nitrogens with one attached hydrogen (secondary N) is 2. The monoisotopic (exact) mass is 382 g/mol. The number of carbonyl (C=O) groups is 1. The van der Waals surface area contributed by atoms with E-state index in [1.807, 2.05) is 30.3 Å². The first kappa shape index (κ1) is 17.3. The van der Waals surface area contributed by atoms with Gasteiger partial charge in [0.25, 0.3) is 5.91 Å². The summed E-state index contributed by atoms with van der Waals surface area (Å²) < 4.78 is 11.2. The van der Waals surface area contributed by atoms with Crippen molar-refractivity contribution in [1.29, 1.82) is 0 Å². The van der Waals surface area contributed by atoms with Crippen molar-refractivity contribution < 1.29 is 14.3 Å². The topological polar surface area (TPSA) is 85.4 Å². The Morgan fingerprint density at radius 1 is 1.04 bits per heavy atom. The largest absolute Gasteiger partial charge is 0.486 e. The minimum Gasteiger partial charge on any atom is -0.486 e. The van der Waals surface area contributed by atoms with Gasteiger partial charge in [0.1, 0.15) is 13.2 Å². The molecule has 0 saturated heterocycles. The van der Waals surface area contributed by atoms with Crippen molar-refractivity contribution in [2.45, 2.75) is 0 Å². The minimum absolute atomic E-state index is 0.0976. The van der Waals surface area contributed by atoms with Gasteiger partial charge >= 0.3 is 0 Å². The molecule has 0 aliphatic carbocycles. The molecule has 3 heterocycles. The standard InChI is InChI=1S/C19H18N4O3S/c24-18(20-8-9-23-19-21-6-1-7-22-19)17-5-4-16(27-17)13-2-3-14-15(12-13)26-11-10-25-14/h1-7,12H,8-11H2,(H,20,24)(H,21,22,23). The third-order valence-corrected chi connectivity index (χ3v) is 5.05. The minimum atomic E-state index is -0.0976. The third-order valence-electron chi connectivity index (χ3n) is 3.92. The normalized spacial score (nSPS) is 12.4. The van der Waals surface area contributed by atoms with Crippen LogP contribution in [0.25, 0.3) is 10.4 Å². The van der Waals surface area contributed by atoms with Crippen LogP contribution in [-0.2, 0) is 0 Å². The average Bonchev–Trinajstić information content (AvgIpc) is 3.22. The molecule has 0 fully saturated rings. The maximum Gasteiger partial charge on any atom is 0.261 e. The van der Waals surface area contributed by atoms with E-state index in [1.54, 1.807) is 18.5 Å². The number of nitrogens with zero attached hydrogens (tertiary/aromatic N) is 2. The van der Waals surface area contributed by atoms with Gasteiger partial charge in [0.2, 0.25) is 5.95 Å². The summed E-state index contributed by atoms with van der Waals surface area (Å²) in [5.41, 5.74) is 1.01. The molecule has 3 aromatic rings. The number of anilines is 1. The lowest BCUT2D eigenvalue weighted by Gasteiger charge is -2.18. The predicted octanol–water partition coefficient (Wildman–Crippen LogP) is 2.82. The summed E-state index contributed by atoms with van der Waals surface area (Å²) >= 11 is 1.45. The van der Waals surface area contributed by atoms with Gasteiger partial charge in [-0.05, 0) is 42.0 Å². The number of rotatable bonds is 6. The summed E-state index contributed by atoms with van der Waals surface area (Å²) in [5, 5.41) is 5.94. The number of carbonyl (C=O) groups excluding carboxylic acids is 1. The smallest absolute Gasteiger partial charge is 0.261 e. The highest BCUT2D eigenvalue weighted by atomic mass is 32.1. The van der Waals surface area contributed by atoms with Gasteiger partial charge < -0.3 is 20.1 Å². The number of aromatic nitrogens is 2. The van der Waals surface area contributed by atoms with E-state index in [1.165, 1.54) is 11.3 Å². The average molecular weight is 382 g/mol. The molecular weight excluding hydrogens is 364 g/mol. The highest BCUT2D eigenvalue weighted by molar-refractivity contribution is 7.17. The SMILES string of the molecule is O=C(NCCNc1ncccn1)c1ccc(-c2ccc3c(c2)OCCO3)s1. The second-order valence-corrected chi connectivity index (χ2v) is 6.86. The molecule has 2 N–H and O–H groups in total. The van der Waals surface area contributed by atoms with Crippen LogP contribution in [0.4, 0.5) is 5.95 Å². The Kier molecular flexibility index (Phi) is 5.15. The molecule has 7 nitrogen and oxygen atoms in total. The highest BCUT2D eigenvalue weighted by Gasteiger charge is 2.14. The van der Waals surface area contributed by atoms with E-state index in [4.69, 9.17) is 9.47 Å². The Morgan fingerprint density at radius 2 is 1.85 bits per heavy atom. The second kappa shape index (κ2) is 8.05. The van der Waals surface area contributed by atoms with Gasteiger partial charge in [0.05, 0.1) is 4.88 Å². The van der Waals surface area contributed by atoms with E-state index in [2.05, 4.69) is 20.6 Å². The van der Waals surface area contributed by atoms with Crippen molar-refractivity contribution in [3.63, 3.8) is 0 Å². The number of thiophene rings is 1. The molecule has 27 heavy (non-hydrogen) atoms. The van der Waals surface area contributed by atoms with Crippen LogP contribution in [0, 0.1) is 0 Å². The predicted molar refractivity (Wildman–Crippen MR) is 104 cm³/mol. The van der Waals surface area contributed by atoms with E-state index in [9.17, 15) is 4.79 Å². The number of hydrogen-bond acceptors (Lipinski definition) is 7. The van der Waals surface area contributed by atoms with Gasteiger partial charge in [0.15, 0.2) is 11.5 Å². The first-order chi connectivity index (χ1) is 13.3. The Bertz CT molecular complexity index is 930. The zero-order chi connectivity index (χ0) is 18.5. The molecule has 2 aromatic heterocycles. The lowest BCUT2D eigenvalue weighted by molar-refractivity contribution is 0.0959. The van der Waals surface area contributed by atoms with E-state index in [0.29, 0.717) is 37.1 Å². The fourth-order valence-corrected chi connectivity index (χ4v) is 3.56. The molecule has 8 heteroatoms. The molecule has 0 saturated carbocycles. The number of fused-ring (bicyclic) bond motifs is 1. The fourth-order valence-electron chi connectivity index (χ4n) is 2.64. The highest BCUT2D eigenvalue weighted by Crippen LogP contribution is 2.36. The molecular formula is C19H18N4O3S. The third kappa shape index (κ3) is 4.17. The van der Waals surface area contributed by atoms with Crippen LogP contribution in [0.1, 0.15) is 9.67 Å². The van der Waals surface area contributed by atoms with E-state index in [-0.39, 0.29) is 5.91 Å². The Balaban J connectivity index is 1.34. The number of ether oxygens (including phenoxy) is 2. The number of hydrogen-bond donors (Lipinski definition) is 2. The second-order valence-electron chi connectivity index (χ2n) is 5.78. The van der Waals surface area contributed by atoms with Crippen molar-refractivity contribution in [1.82, 2.24) is 15.3 Å². The van der Waals surface area contributed by atoms with Gasteiger partial charge in [-0.1, -0.05) is 0 Å². The lowest BCUT2D eigenvalue weighted by atomic mass is 10.1. The van der Waals surface area contributed by atoms with E-state index >= 15 is 0 Å². The fraction of sp³-hybridized carbons (Fsp3) is 0.211. The number of amides is 1. The van der Waals surface area contributed by atoms with Crippen LogP contribution in [0.5, 0.6) is 11.5 Å². The number of benzene rings is 1. The van der Waals surface area contributed by atoms with Crippen LogP contribution in [0.15, 0.2) is 48.8 Å². The molecule has 1 aliphatic rings. The van der Waals surface area contributed by atoms with Gasteiger partial charge in [0, 0.05) is 30.4 Å². The summed E-state index contributed by atoms with van der Waals surface area (Å²) in [6, 6.07) is 11.4. The van der Waals surface area contributed by atoms with Gasteiger partial charge in [-0.3, -0.25) is 4.79 Å². The van der Waals surface area contributed by atoms with Crippen molar-refractivity contribution in [2.75, 3.05) is 31.6 Å². The van der Waals surface area contributed by atoms with Crippen molar-refractivity contribution in [3.8, 4) is 21.9 Å². The molecule has 0 unspecified atom stereocenters. The summed E-state index contributed by atoms with van der Waals surface area (Å²) in [6.07, 6.45) is 3.33. The van der Waals surface area contributed by atoms with E-state index < -0.39 is 0 Å².